The smallest absolute Gasteiger partial charge is 0.0697 e. The molecule has 3 nitrogen and oxygen atoms in total. The fourth-order valence-electron chi connectivity index (χ4n) is 5.19. The van der Waals surface area contributed by atoms with Gasteiger partial charge in [0, 0.05) is 11.1 Å². The van der Waals surface area contributed by atoms with E-state index < -0.39 is 0 Å². The Labute approximate surface area is 215 Å². The molecule has 0 spiro atoms. The third kappa shape index (κ3) is 3.69. The van der Waals surface area contributed by atoms with Crippen molar-refractivity contribution in [3.8, 4) is 11.1 Å². The van der Waals surface area contributed by atoms with Gasteiger partial charge in [-0.25, -0.2) is 5.01 Å². The highest BCUT2D eigenvalue weighted by molar-refractivity contribution is 6.23. The number of nitrogens with zero attached hydrogens (tertiary/aromatic N) is 2. The molecule has 7 rings (SSSR count). The van der Waals surface area contributed by atoms with Crippen molar-refractivity contribution in [2.45, 2.75) is 0 Å². The fraction of sp³-hybridized carbons (Fsp3) is 0. The minimum absolute atomic E-state index is 0.586. The van der Waals surface area contributed by atoms with Gasteiger partial charge in [-0.2, -0.15) is 5.10 Å². The summed E-state index contributed by atoms with van der Waals surface area (Å²) in [6.45, 7) is 0. The Hall–Kier alpha value is -5.02. The summed E-state index contributed by atoms with van der Waals surface area (Å²) in [5.74, 6) is 0. The van der Waals surface area contributed by atoms with E-state index >= 15 is 0 Å². The molecule has 0 heterocycles. The number of hydrogen-bond acceptors (Lipinski definition) is 3. The molecule has 0 fully saturated rings. The van der Waals surface area contributed by atoms with E-state index in [9.17, 15) is 0 Å². The van der Waals surface area contributed by atoms with E-state index in [1.165, 1.54) is 21.5 Å². The molecule has 37 heavy (non-hydrogen) atoms. The fourth-order valence-corrected chi connectivity index (χ4v) is 5.19. The molecule has 0 bridgehead atoms. The van der Waals surface area contributed by atoms with Gasteiger partial charge in [0.15, 0.2) is 0 Å². The molecule has 174 valence electrons. The maximum absolute atomic E-state index is 8.57. The van der Waals surface area contributed by atoms with Gasteiger partial charge in [-0.15, -0.1) is 0 Å². The molecular weight excluding hydrogens is 450 g/mol. The van der Waals surface area contributed by atoms with Crippen LogP contribution in [-0.2, 0) is 0 Å². The summed E-state index contributed by atoms with van der Waals surface area (Å²) in [5, 5.41) is 20.3. The first-order chi connectivity index (χ1) is 18.2. The number of fused-ring (bicyclic) bond motifs is 5. The second-order valence-electron chi connectivity index (χ2n) is 9.34. The van der Waals surface area contributed by atoms with E-state index in [1.807, 2.05) is 41.6 Å². The van der Waals surface area contributed by atoms with Gasteiger partial charge in [0.2, 0.25) is 0 Å². The van der Waals surface area contributed by atoms with Crippen LogP contribution in [0.3, 0.4) is 0 Å². The zero-order chi connectivity index (χ0) is 24.8. The standard InChI is InChI=1S/C34H23N3/c35-34-31-12-6-5-11-30(31)33-19-23(13-18-32(33)34)22-36-37(28-16-14-24-7-1-3-9-26(24)20-28)29-17-15-25-8-2-4-10-27(25)21-29/h1-22,35H/b35-34?,36-22-. The Bertz CT molecular complexity index is 1790. The average Bonchev–Trinajstić information content (AvgIpc) is 3.24. The minimum Gasteiger partial charge on any atom is -0.300 e. The van der Waals surface area contributed by atoms with Crippen molar-refractivity contribution < 1.29 is 0 Å². The molecule has 0 saturated heterocycles. The predicted molar refractivity (Wildman–Crippen MR) is 155 cm³/mol. The molecule has 1 aliphatic carbocycles. The van der Waals surface area contributed by atoms with Crippen molar-refractivity contribution in [1.82, 2.24) is 0 Å². The number of hydrogen-bond donors (Lipinski definition) is 1. The zero-order valence-electron chi connectivity index (χ0n) is 20.1. The monoisotopic (exact) mass is 473 g/mol. The topological polar surface area (TPSA) is 39.5 Å². The van der Waals surface area contributed by atoms with E-state index in [2.05, 4.69) is 97.1 Å². The second kappa shape index (κ2) is 8.58. The highest BCUT2D eigenvalue weighted by Crippen LogP contribution is 2.37. The van der Waals surface area contributed by atoms with Crippen LogP contribution in [-0.4, -0.2) is 11.9 Å². The van der Waals surface area contributed by atoms with Gasteiger partial charge >= 0.3 is 0 Å². The van der Waals surface area contributed by atoms with Crippen LogP contribution in [0.1, 0.15) is 16.7 Å². The molecule has 0 aromatic heterocycles. The normalized spacial score (nSPS) is 12.3. The van der Waals surface area contributed by atoms with E-state index in [4.69, 9.17) is 10.5 Å². The molecule has 0 atom stereocenters. The predicted octanol–water partition coefficient (Wildman–Crippen LogP) is 8.56. The third-order valence-corrected chi connectivity index (χ3v) is 7.08. The van der Waals surface area contributed by atoms with Gasteiger partial charge in [-0.1, -0.05) is 97.1 Å². The number of nitrogens with one attached hydrogen (secondary N) is 1. The number of anilines is 2. The number of hydrazone groups is 1. The highest BCUT2D eigenvalue weighted by Gasteiger charge is 2.23. The summed E-state index contributed by atoms with van der Waals surface area (Å²) in [6.07, 6.45) is 1.91. The summed E-state index contributed by atoms with van der Waals surface area (Å²) < 4.78 is 0. The first-order valence-electron chi connectivity index (χ1n) is 12.4. The van der Waals surface area contributed by atoms with Crippen LogP contribution in [0.15, 0.2) is 132 Å². The Morgan fingerprint density at radius 2 is 1.03 bits per heavy atom. The molecule has 0 amide bonds. The average molecular weight is 474 g/mol. The molecule has 0 saturated carbocycles. The third-order valence-electron chi connectivity index (χ3n) is 7.08. The Morgan fingerprint density at radius 3 is 1.68 bits per heavy atom. The minimum atomic E-state index is 0.586. The molecule has 1 N–H and O–H groups in total. The largest absolute Gasteiger partial charge is 0.300 e. The van der Waals surface area contributed by atoms with Crippen molar-refractivity contribution in [2.75, 3.05) is 5.01 Å². The molecule has 0 aliphatic heterocycles. The molecule has 6 aromatic rings. The van der Waals surface area contributed by atoms with Crippen molar-refractivity contribution in [1.29, 1.82) is 5.41 Å². The van der Waals surface area contributed by atoms with Crippen LogP contribution in [0.2, 0.25) is 0 Å². The molecule has 3 heteroatoms. The van der Waals surface area contributed by atoms with Crippen LogP contribution in [0, 0.1) is 5.41 Å². The number of benzene rings is 6. The summed E-state index contributed by atoms with van der Waals surface area (Å²) in [6, 6.07) is 44.0. The molecule has 1 aliphatic rings. The zero-order valence-corrected chi connectivity index (χ0v) is 20.1. The van der Waals surface area contributed by atoms with Crippen LogP contribution >= 0.6 is 0 Å². The van der Waals surface area contributed by atoms with Gasteiger partial charge in [0.1, 0.15) is 0 Å². The molecular formula is C34H23N3. The quantitative estimate of drug-likeness (QED) is 0.202. The van der Waals surface area contributed by atoms with Crippen LogP contribution in [0.5, 0.6) is 0 Å². The van der Waals surface area contributed by atoms with E-state index in [0.717, 1.165) is 39.2 Å². The van der Waals surface area contributed by atoms with Crippen molar-refractivity contribution >= 4 is 44.8 Å². The summed E-state index contributed by atoms with van der Waals surface area (Å²) in [7, 11) is 0. The van der Waals surface area contributed by atoms with Gasteiger partial charge < -0.3 is 0 Å². The van der Waals surface area contributed by atoms with Crippen LogP contribution < -0.4 is 5.01 Å². The Kier molecular flexibility index (Phi) is 4.93. The van der Waals surface area contributed by atoms with Gasteiger partial charge in [0.05, 0.1) is 23.3 Å². The summed E-state index contributed by atoms with van der Waals surface area (Å²) in [4.78, 5) is 0. The molecule has 6 aromatic carbocycles. The second-order valence-corrected chi connectivity index (χ2v) is 9.34. The van der Waals surface area contributed by atoms with Crippen LogP contribution in [0.4, 0.5) is 11.4 Å². The van der Waals surface area contributed by atoms with Crippen molar-refractivity contribution in [3.63, 3.8) is 0 Å². The Morgan fingerprint density at radius 1 is 0.486 bits per heavy atom. The molecule has 0 radical (unpaired) electrons. The lowest BCUT2D eigenvalue weighted by Gasteiger charge is -2.20. The van der Waals surface area contributed by atoms with Crippen LogP contribution in [0.25, 0.3) is 32.7 Å². The lowest BCUT2D eigenvalue weighted by atomic mass is 10.0. The maximum atomic E-state index is 8.57. The number of rotatable bonds is 4. The first kappa shape index (κ1) is 21.3. The van der Waals surface area contributed by atoms with E-state index in [-0.39, 0.29) is 0 Å². The van der Waals surface area contributed by atoms with Crippen molar-refractivity contribution in [2.24, 2.45) is 5.10 Å². The lowest BCUT2D eigenvalue weighted by Crippen LogP contribution is -2.09. The van der Waals surface area contributed by atoms with Crippen molar-refractivity contribution in [3.05, 3.63) is 144 Å². The highest BCUT2D eigenvalue weighted by atomic mass is 15.5. The van der Waals surface area contributed by atoms with Gasteiger partial charge in [-0.3, -0.25) is 5.41 Å². The van der Waals surface area contributed by atoms with E-state index in [1.54, 1.807) is 0 Å². The SMILES string of the molecule is N=C1c2ccccc2-c2cc(/C=N\N(c3ccc4ccccc4c3)c3ccc4ccccc4c3)ccc21. The maximum Gasteiger partial charge on any atom is 0.0697 e. The Balaban J connectivity index is 1.33. The van der Waals surface area contributed by atoms with Gasteiger partial charge in [0.25, 0.3) is 0 Å². The van der Waals surface area contributed by atoms with Gasteiger partial charge in [-0.05, 0) is 68.6 Å². The molecule has 0 unspecified atom stereocenters. The van der Waals surface area contributed by atoms with E-state index in [0.29, 0.717) is 5.71 Å². The summed E-state index contributed by atoms with van der Waals surface area (Å²) in [5.41, 5.74) is 7.74. The summed E-state index contributed by atoms with van der Waals surface area (Å²) >= 11 is 0. The first-order valence-corrected chi connectivity index (χ1v) is 12.4. The lowest BCUT2D eigenvalue weighted by molar-refractivity contribution is 1.10.